The number of carbonyl (C=O) groups excluding carboxylic acids is 1. The van der Waals surface area contributed by atoms with Gasteiger partial charge >= 0.3 is 0 Å². The fourth-order valence-electron chi connectivity index (χ4n) is 4.31. The summed E-state index contributed by atoms with van der Waals surface area (Å²) in [6.07, 6.45) is 5.17. The second-order valence-corrected chi connectivity index (χ2v) is 7.86. The predicted octanol–water partition coefficient (Wildman–Crippen LogP) is 3.83. The number of carbonyl (C=O) groups is 1. The molecule has 0 spiro atoms. The van der Waals surface area contributed by atoms with Crippen LogP contribution in [0.15, 0.2) is 65.7 Å². The first-order valence-electron chi connectivity index (χ1n) is 10.5. The molecular weight excluding hydrogens is 362 g/mol. The molecule has 1 unspecified atom stereocenters. The van der Waals surface area contributed by atoms with Crippen LogP contribution >= 0.6 is 0 Å². The third-order valence-corrected chi connectivity index (χ3v) is 5.99. The predicted molar refractivity (Wildman–Crippen MR) is 115 cm³/mol. The number of piperidine rings is 1. The highest BCUT2D eigenvalue weighted by Crippen LogP contribution is 2.24. The third kappa shape index (κ3) is 4.09. The van der Waals surface area contributed by atoms with Crippen LogP contribution in [0.2, 0.25) is 0 Å². The fourth-order valence-corrected chi connectivity index (χ4v) is 4.31. The van der Waals surface area contributed by atoms with E-state index in [9.17, 15) is 9.59 Å². The molecule has 2 heterocycles. The minimum atomic E-state index is -0.495. The summed E-state index contributed by atoms with van der Waals surface area (Å²) in [6, 6.07) is 17.3. The zero-order valence-electron chi connectivity index (χ0n) is 16.8. The normalized spacial score (nSPS) is 16.1. The number of hydrogen-bond donors (Lipinski definition) is 0. The van der Waals surface area contributed by atoms with Crippen molar-refractivity contribution in [1.82, 2.24) is 14.5 Å². The quantitative estimate of drug-likeness (QED) is 0.666. The Morgan fingerprint density at radius 3 is 2.48 bits per heavy atom. The molecule has 1 fully saturated rings. The molecule has 0 aliphatic carbocycles. The molecule has 1 aliphatic heterocycles. The van der Waals surface area contributed by atoms with Crippen LogP contribution in [0.5, 0.6) is 0 Å². The maximum absolute atomic E-state index is 13.2. The Balaban J connectivity index is 1.46. The molecule has 29 heavy (non-hydrogen) atoms. The second-order valence-electron chi connectivity index (χ2n) is 7.86. The molecule has 1 saturated heterocycles. The number of hydrogen-bond acceptors (Lipinski definition) is 3. The molecule has 3 aromatic rings. The second kappa shape index (κ2) is 8.60. The Hall–Kier alpha value is -2.95. The zero-order valence-corrected chi connectivity index (χ0v) is 16.8. The average Bonchev–Trinajstić information content (AvgIpc) is 2.77. The van der Waals surface area contributed by atoms with Crippen LogP contribution in [0, 0.1) is 5.92 Å². The largest absolute Gasteiger partial charge is 0.341 e. The van der Waals surface area contributed by atoms with E-state index in [1.807, 2.05) is 36.1 Å². The summed E-state index contributed by atoms with van der Waals surface area (Å²) >= 11 is 0. The highest BCUT2D eigenvalue weighted by atomic mass is 16.2. The molecule has 1 aromatic heterocycles. The van der Waals surface area contributed by atoms with Crippen molar-refractivity contribution in [3.8, 4) is 0 Å². The van der Waals surface area contributed by atoms with Crippen LogP contribution in [0.25, 0.3) is 10.9 Å². The summed E-state index contributed by atoms with van der Waals surface area (Å²) < 4.78 is 1.51. The van der Waals surface area contributed by atoms with Crippen molar-refractivity contribution in [2.75, 3.05) is 13.1 Å². The molecule has 0 bridgehead atoms. The van der Waals surface area contributed by atoms with Gasteiger partial charge in [0.2, 0.25) is 5.91 Å². The maximum Gasteiger partial charge on any atom is 0.261 e. The van der Waals surface area contributed by atoms with Gasteiger partial charge in [-0.05, 0) is 49.3 Å². The Morgan fingerprint density at radius 2 is 1.76 bits per heavy atom. The smallest absolute Gasteiger partial charge is 0.261 e. The average molecular weight is 389 g/mol. The lowest BCUT2D eigenvalue weighted by molar-refractivity contribution is -0.136. The molecule has 1 atom stereocenters. The van der Waals surface area contributed by atoms with Crippen molar-refractivity contribution < 1.29 is 4.79 Å². The van der Waals surface area contributed by atoms with Crippen LogP contribution in [-0.4, -0.2) is 33.4 Å². The minimum absolute atomic E-state index is 0.0323. The lowest BCUT2D eigenvalue weighted by atomic mass is 9.90. The summed E-state index contributed by atoms with van der Waals surface area (Å²) in [7, 11) is 0. The van der Waals surface area contributed by atoms with Crippen molar-refractivity contribution in [3.63, 3.8) is 0 Å². The maximum atomic E-state index is 13.2. The number of rotatable bonds is 5. The molecule has 1 amide bonds. The van der Waals surface area contributed by atoms with Gasteiger partial charge in [0.05, 0.1) is 17.2 Å². The van der Waals surface area contributed by atoms with E-state index in [0.29, 0.717) is 23.2 Å². The van der Waals surface area contributed by atoms with Gasteiger partial charge in [-0.3, -0.25) is 14.2 Å². The molecule has 0 radical (unpaired) electrons. The molecule has 2 aromatic carbocycles. The van der Waals surface area contributed by atoms with Crippen LogP contribution < -0.4 is 5.56 Å². The van der Waals surface area contributed by atoms with Gasteiger partial charge in [0.15, 0.2) is 0 Å². The number of fused-ring (bicyclic) bond motifs is 1. The number of nitrogens with zero attached hydrogens (tertiary/aromatic N) is 3. The van der Waals surface area contributed by atoms with E-state index in [1.54, 1.807) is 6.07 Å². The lowest BCUT2D eigenvalue weighted by Crippen LogP contribution is -2.44. The molecule has 5 heteroatoms. The van der Waals surface area contributed by atoms with E-state index in [1.165, 1.54) is 16.5 Å². The molecule has 4 rings (SSSR count). The van der Waals surface area contributed by atoms with Crippen molar-refractivity contribution >= 4 is 16.8 Å². The molecular formula is C24H27N3O2. The van der Waals surface area contributed by atoms with Gasteiger partial charge in [0.25, 0.3) is 5.56 Å². The van der Waals surface area contributed by atoms with Crippen LogP contribution in [0.3, 0.4) is 0 Å². The van der Waals surface area contributed by atoms with E-state index in [0.717, 1.165) is 32.4 Å². The molecule has 5 nitrogen and oxygen atoms in total. The van der Waals surface area contributed by atoms with Crippen LogP contribution in [0.1, 0.15) is 37.8 Å². The van der Waals surface area contributed by atoms with Gasteiger partial charge < -0.3 is 4.90 Å². The highest BCUT2D eigenvalue weighted by molar-refractivity contribution is 5.82. The van der Waals surface area contributed by atoms with Gasteiger partial charge in [-0.15, -0.1) is 0 Å². The van der Waals surface area contributed by atoms with Crippen LogP contribution in [-0.2, 0) is 11.2 Å². The summed E-state index contributed by atoms with van der Waals surface area (Å²) in [5, 5.41) is 0.558. The van der Waals surface area contributed by atoms with Gasteiger partial charge in [-0.25, -0.2) is 4.98 Å². The van der Waals surface area contributed by atoms with Crippen molar-refractivity contribution in [2.24, 2.45) is 5.92 Å². The lowest BCUT2D eigenvalue weighted by Gasteiger charge is -2.34. The summed E-state index contributed by atoms with van der Waals surface area (Å²) in [5.74, 6) is 0.636. The number of benzene rings is 2. The fraction of sp³-hybridized carbons (Fsp3) is 0.375. The van der Waals surface area contributed by atoms with E-state index < -0.39 is 6.04 Å². The van der Waals surface area contributed by atoms with Gasteiger partial charge in [-0.1, -0.05) is 49.4 Å². The highest BCUT2D eigenvalue weighted by Gasteiger charge is 2.29. The number of amides is 1. The SMILES string of the molecule is CCC(C(=O)N1CCC(Cc2ccccc2)CC1)n1cnc2ccccc2c1=O. The van der Waals surface area contributed by atoms with E-state index in [4.69, 9.17) is 0 Å². The Kier molecular flexibility index (Phi) is 5.74. The van der Waals surface area contributed by atoms with Gasteiger partial charge in [-0.2, -0.15) is 0 Å². The number of para-hydroxylation sites is 1. The summed E-state index contributed by atoms with van der Waals surface area (Å²) in [5.41, 5.74) is 1.88. The molecule has 1 aliphatic rings. The first kappa shape index (κ1) is 19.4. The number of likely N-dealkylation sites (tertiary alicyclic amines) is 1. The Bertz CT molecular complexity index is 1040. The topological polar surface area (TPSA) is 55.2 Å². The van der Waals surface area contributed by atoms with E-state index in [2.05, 4.69) is 29.2 Å². The van der Waals surface area contributed by atoms with Gasteiger partial charge in [0.1, 0.15) is 6.04 Å². The summed E-state index contributed by atoms with van der Waals surface area (Å²) in [4.78, 5) is 32.5. The Morgan fingerprint density at radius 1 is 1.07 bits per heavy atom. The molecule has 0 saturated carbocycles. The van der Waals surface area contributed by atoms with Crippen molar-refractivity contribution in [1.29, 1.82) is 0 Å². The monoisotopic (exact) mass is 389 g/mol. The third-order valence-electron chi connectivity index (χ3n) is 5.99. The molecule has 0 N–H and O–H groups in total. The summed E-state index contributed by atoms with van der Waals surface area (Å²) in [6.45, 7) is 3.46. The van der Waals surface area contributed by atoms with Crippen LogP contribution in [0.4, 0.5) is 0 Å². The van der Waals surface area contributed by atoms with Crippen molar-refractivity contribution in [3.05, 3.63) is 76.8 Å². The Labute approximate surface area is 171 Å². The minimum Gasteiger partial charge on any atom is -0.341 e. The molecule has 150 valence electrons. The first-order chi connectivity index (χ1) is 14.2. The number of aromatic nitrogens is 2. The van der Waals surface area contributed by atoms with E-state index >= 15 is 0 Å². The zero-order chi connectivity index (χ0) is 20.2. The van der Waals surface area contributed by atoms with E-state index in [-0.39, 0.29) is 11.5 Å². The van der Waals surface area contributed by atoms with Crippen molar-refractivity contribution in [2.45, 2.75) is 38.6 Å². The standard InChI is InChI=1S/C24H27N3O2/c1-2-22(27-17-25-21-11-7-6-10-20(21)23(27)28)24(29)26-14-12-19(13-15-26)16-18-8-4-3-5-9-18/h3-11,17,19,22H,2,12-16H2,1H3. The van der Waals surface area contributed by atoms with Gasteiger partial charge in [0, 0.05) is 13.1 Å². The first-order valence-corrected chi connectivity index (χ1v) is 10.5.